The number of aromatic nitrogens is 2. The summed E-state index contributed by atoms with van der Waals surface area (Å²) in [7, 11) is 0. The van der Waals surface area contributed by atoms with Crippen LogP contribution in [-0.2, 0) is 32.1 Å². The first-order chi connectivity index (χ1) is 12.3. The summed E-state index contributed by atoms with van der Waals surface area (Å²) in [6, 6.07) is 3.30. The van der Waals surface area contributed by atoms with Crippen molar-refractivity contribution in [2.75, 3.05) is 6.54 Å². The third-order valence-corrected chi connectivity index (χ3v) is 4.47. The van der Waals surface area contributed by atoms with Crippen molar-refractivity contribution in [2.45, 2.75) is 45.5 Å². The van der Waals surface area contributed by atoms with Gasteiger partial charge in [0.2, 0.25) is 0 Å². The highest BCUT2D eigenvalue weighted by atomic mass is 19.4. The van der Waals surface area contributed by atoms with Crippen LogP contribution in [0.3, 0.4) is 0 Å². The molecule has 0 unspecified atom stereocenters. The van der Waals surface area contributed by atoms with Crippen LogP contribution >= 0.6 is 0 Å². The molecule has 0 spiro atoms. The topological polar surface area (TPSA) is 49.0 Å². The number of benzene rings is 1. The number of hydrogen-bond donors (Lipinski definition) is 1. The first-order valence-electron chi connectivity index (χ1n) is 8.47. The van der Waals surface area contributed by atoms with Gasteiger partial charge in [-0.2, -0.15) is 13.2 Å². The molecule has 2 aromatic rings. The lowest BCUT2D eigenvalue weighted by Crippen LogP contribution is -2.35. The van der Waals surface area contributed by atoms with Gasteiger partial charge in [-0.05, 0) is 18.9 Å². The van der Waals surface area contributed by atoms with E-state index in [1.165, 1.54) is 12.1 Å². The molecule has 0 aliphatic carbocycles. The maximum Gasteiger partial charge on any atom is 0.419 e. The van der Waals surface area contributed by atoms with Crippen LogP contribution in [0.2, 0.25) is 0 Å². The van der Waals surface area contributed by atoms with Crippen molar-refractivity contribution in [3.05, 3.63) is 62.6 Å². The number of alkyl halides is 3. The van der Waals surface area contributed by atoms with Crippen LogP contribution in [0.1, 0.15) is 41.6 Å². The average Bonchev–Trinajstić information content (AvgIpc) is 2.56. The smallest absolute Gasteiger partial charge is 0.310 e. The maximum atomic E-state index is 14.2. The summed E-state index contributed by atoms with van der Waals surface area (Å²) in [6.07, 6.45) is -2.81. The lowest BCUT2D eigenvalue weighted by atomic mass is 10.0. The van der Waals surface area contributed by atoms with Gasteiger partial charge in [-0.3, -0.25) is 9.69 Å². The number of aromatic amines is 1. The summed E-state index contributed by atoms with van der Waals surface area (Å²) >= 11 is 0. The van der Waals surface area contributed by atoms with E-state index >= 15 is 0 Å². The summed E-state index contributed by atoms with van der Waals surface area (Å²) in [5.74, 6) is -0.639. The van der Waals surface area contributed by atoms with E-state index in [1.807, 2.05) is 11.8 Å². The van der Waals surface area contributed by atoms with Crippen molar-refractivity contribution < 1.29 is 17.6 Å². The van der Waals surface area contributed by atoms with E-state index in [2.05, 4.69) is 9.97 Å². The fraction of sp³-hybridized carbons (Fsp3) is 0.444. The molecular formula is C18H19F4N3O. The van der Waals surface area contributed by atoms with Gasteiger partial charge in [-0.1, -0.05) is 19.1 Å². The minimum Gasteiger partial charge on any atom is -0.310 e. The van der Waals surface area contributed by atoms with E-state index < -0.39 is 17.6 Å². The van der Waals surface area contributed by atoms with Crippen molar-refractivity contribution >= 4 is 0 Å². The number of hydrogen-bond acceptors (Lipinski definition) is 3. The average molecular weight is 369 g/mol. The van der Waals surface area contributed by atoms with Gasteiger partial charge in [0.25, 0.3) is 5.56 Å². The van der Waals surface area contributed by atoms with Gasteiger partial charge in [0.1, 0.15) is 11.6 Å². The Balaban J connectivity index is 1.83. The molecule has 2 heterocycles. The maximum absolute atomic E-state index is 14.2. The van der Waals surface area contributed by atoms with Gasteiger partial charge < -0.3 is 4.98 Å². The van der Waals surface area contributed by atoms with Crippen molar-refractivity contribution in [1.29, 1.82) is 0 Å². The minimum atomic E-state index is -4.72. The molecule has 4 nitrogen and oxygen atoms in total. The molecule has 8 heteroatoms. The Morgan fingerprint density at radius 1 is 1.31 bits per heavy atom. The van der Waals surface area contributed by atoms with Crippen LogP contribution in [-0.4, -0.2) is 21.4 Å². The van der Waals surface area contributed by atoms with E-state index in [0.29, 0.717) is 43.0 Å². The first kappa shape index (κ1) is 18.6. The SMILES string of the molecule is CCCc1nc2c(c(=O)[nH]1)CCN(Cc1cccc(C(F)(F)F)c1F)C2. The number of fused-ring (bicyclic) bond motifs is 1. The van der Waals surface area contributed by atoms with Crippen LogP contribution in [0.15, 0.2) is 23.0 Å². The van der Waals surface area contributed by atoms with Crippen LogP contribution in [0, 0.1) is 5.82 Å². The Morgan fingerprint density at radius 2 is 2.08 bits per heavy atom. The fourth-order valence-corrected chi connectivity index (χ4v) is 3.20. The van der Waals surface area contributed by atoms with Gasteiger partial charge in [0.15, 0.2) is 0 Å². The molecule has 1 aromatic carbocycles. The fourth-order valence-electron chi connectivity index (χ4n) is 3.20. The largest absolute Gasteiger partial charge is 0.419 e. The molecule has 1 N–H and O–H groups in total. The second-order valence-electron chi connectivity index (χ2n) is 6.42. The molecular weight excluding hydrogens is 350 g/mol. The van der Waals surface area contributed by atoms with E-state index in [-0.39, 0.29) is 17.7 Å². The van der Waals surface area contributed by atoms with Gasteiger partial charge in [-0.15, -0.1) is 0 Å². The third-order valence-electron chi connectivity index (χ3n) is 4.47. The predicted molar refractivity (Wildman–Crippen MR) is 88.1 cm³/mol. The zero-order valence-electron chi connectivity index (χ0n) is 14.3. The molecule has 0 bridgehead atoms. The first-order valence-corrected chi connectivity index (χ1v) is 8.47. The molecule has 1 aromatic heterocycles. The third kappa shape index (κ3) is 3.80. The van der Waals surface area contributed by atoms with Gasteiger partial charge in [-0.25, -0.2) is 9.37 Å². The van der Waals surface area contributed by atoms with Crippen LogP contribution in [0.25, 0.3) is 0 Å². The highest BCUT2D eigenvalue weighted by molar-refractivity contribution is 5.29. The predicted octanol–water partition coefficient (Wildman–Crippen LogP) is 3.44. The lowest BCUT2D eigenvalue weighted by molar-refractivity contribution is -0.140. The molecule has 140 valence electrons. The molecule has 26 heavy (non-hydrogen) atoms. The van der Waals surface area contributed by atoms with Crippen LogP contribution < -0.4 is 5.56 Å². The number of rotatable bonds is 4. The Kier molecular flexibility index (Phi) is 5.13. The molecule has 1 aliphatic heterocycles. The number of halogens is 4. The summed E-state index contributed by atoms with van der Waals surface area (Å²) in [4.78, 5) is 21.2. The standard InChI is InChI=1S/C18H19F4N3O/c1-2-4-15-23-14-10-25(8-7-12(14)17(26)24-15)9-11-5-3-6-13(16(11)19)18(20,21)22/h3,5-6H,2,4,7-10H2,1H3,(H,23,24,26). The van der Waals surface area contributed by atoms with Gasteiger partial charge >= 0.3 is 6.18 Å². The summed E-state index contributed by atoms with van der Waals surface area (Å²) in [6.45, 7) is 2.78. The van der Waals surface area contributed by atoms with Crippen molar-refractivity contribution in [2.24, 2.45) is 0 Å². The molecule has 1 aliphatic rings. The summed E-state index contributed by atoms with van der Waals surface area (Å²) in [5.41, 5.74) is -0.209. The zero-order chi connectivity index (χ0) is 18.9. The molecule has 3 rings (SSSR count). The van der Waals surface area contributed by atoms with E-state index in [4.69, 9.17) is 0 Å². The summed E-state index contributed by atoms with van der Waals surface area (Å²) < 4.78 is 52.8. The Labute approximate surface area is 147 Å². The van der Waals surface area contributed by atoms with Gasteiger partial charge in [0, 0.05) is 37.2 Å². The molecule has 0 saturated carbocycles. The number of H-pyrrole nitrogens is 1. The Bertz CT molecular complexity index is 860. The van der Waals surface area contributed by atoms with E-state index in [9.17, 15) is 22.4 Å². The van der Waals surface area contributed by atoms with Gasteiger partial charge in [0.05, 0.1) is 11.3 Å². The number of nitrogens with zero attached hydrogens (tertiary/aromatic N) is 2. The highest BCUT2D eigenvalue weighted by Crippen LogP contribution is 2.33. The monoisotopic (exact) mass is 369 g/mol. The molecule has 0 saturated heterocycles. The van der Waals surface area contributed by atoms with Crippen molar-refractivity contribution in [1.82, 2.24) is 14.9 Å². The Hall–Kier alpha value is -2.22. The van der Waals surface area contributed by atoms with Crippen molar-refractivity contribution in [3.63, 3.8) is 0 Å². The normalized spacial score (nSPS) is 15.1. The second kappa shape index (κ2) is 7.19. The lowest BCUT2D eigenvalue weighted by Gasteiger charge is -2.28. The second-order valence-corrected chi connectivity index (χ2v) is 6.42. The van der Waals surface area contributed by atoms with Crippen LogP contribution in [0.4, 0.5) is 17.6 Å². The quantitative estimate of drug-likeness (QED) is 0.840. The molecule has 0 radical (unpaired) electrons. The van der Waals surface area contributed by atoms with E-state index in [1.54, 1.807) is 0 Å². The van der Waals surface area contributed by atoms with Crippen molar-refractivity contribution in [3.8, 4) is 0 Å². The minimum absolute atomic E-state index is 0.0121. The zero-order valence-corrected chi connectivity index (χ0v) is 14.3. The highest BCUT2D eigenvalue weighted by Gasteiger charge is 2.35. The molecule has 0 fully saturated rings. The number of nitrogens with one attached hydrogen (secondary N) is 1. The molecule has 0 atom stereocenters. The van der Waals surface area contributed by atoms with Crippen LogP contribution in [0.5, 0.6) is 0 Å². The number of aryl methyl sites for hydroxylation is 1. The molecule has 0 amide bonds. The summed E-state index contributed by atoms with van der Waals surface area (Å²) in [5, 5.41) is 0. The Morgan fingerprint density at radius 3 is 2.77 bits per heavy atom. The van der Waals surface area contributed by atoms with E-state index in [0.717, 1.165) is 12.5 Å².